The molecule has 0 atom stereocenters. The monoisotopic (exact) mass is 268 g/mol. The Morgan fingerprint density at radius 1 is 1.10 bits per heavy atom. The second kappa shape index (κ2) is 6.01. The highest BCUT2D eigenvalue weighted by atomic mass is 15.3. The molecule has 104 valence electrons. The lowest BCUT2D eigenvalue weighted by Crippen LogP contribution is -2.44. The molecule has 1 aliphatic heterocycles. The number of nitrogens with one attached hydrogen (secondary N) is 1. The first-order valence-corrected chi connectivity index (χ1v) is 7.14. The number of aromatic nitrogens is 2. The summed E-state index contributed by atoms with van der Waals surface area (Å²) in [5.41, 5.74) is 3.82. The van der Waals surface area contributed by atoms with Crippen molar-refractivity contribution >= 4 is 5.95 Å². The normalized spacial score (nSPS) is 15.3. The maximum atomic E-state index is 4.52. The first kappa shape index (κ1) is 13.1. The largest absolute Gasteiger partial charge is 0.338 e. The summed E-state index contributed by atoms with van der Waals surface area (Å²) in [4.78, 5) is 11.3. The fourth-order valence-electron chi connectivity index (χ4n) is 2.50. The zero-order valence-corrected chi connectivity index (χ0v) is 11.8. The first-order valence-electron chi connectivity index (χ1n) is 7.14. The van der Waals surface area contributed by atoms with Crippen molar-refractivity contribution in [3.05, 3.63) is 53.3 Å². The lowest BCUT2D eigenvalue weighted by molar-refractivity contribution is 0.579. The molecule has 0 radical (unpaired) electrons. The van der Waals surface area contributed by atoms with Crippen LogP contribution >= 0.6 is 0 Å². The van der Waals surface area contributed by atoms with Gasteiger partial charge in [0.1, 0.15) is 0 Å². The number of hydrogen-bond acceptors (Lipinski definition) is 4. The summed E-state index contributed by atoms with van der Waals surface area (Å²) in [5, 5.41) is 3.34. The fourth-order valence-corrected chi connectivity index (χ4v) is 2.50. The predicted octanol–water partition coefficient (Wildman–Crippen LogP) is 1.79. The molecule has 0 unspecified atom stereocenters. The van der Waals surface area contributed by atoms with Crippen LogP contribution in [0.1, 0.15) is 16.7 Å². The second-order valence-corrected chi connectivity index (χ2v) is 5.23. The Balaban J connectivity index is 1.71. The summed E-state index contributed by atoms with van der Waals surface area (Å²) in [7, 11) is 0. The zero-order valence-electron chi connectivity index (χ0n) is 11.8. The minimum Gasteiger partial charge on any atom is -0.338 e. The molecule has 1 aromatic heterocycles. The SMILES string of the molecule is Cc1ccccc1Cc1cnc(N2CCNCC2)nc1. The Morgan fingerprint density at radius 2 is 1.80 bits per heavy atom. The highest BCUT2D eigenvalue weighted by Gasteiger charge is 2.12. The number of aryl methyl sites for hydroxylation is 1. The van der Waals surface area contributed by atoms with E-state index in [1.165, 1.54) is 11.1 Å². The van der Waals surface area contributed by atoms with Crippen LogP contribution in [0, 0.1) is 6.92 Å². The summed E-state index contributed by atoms with van der Waals surface area (Å²) in [5.74, 6) is 0.847. The lowest BCUT2D eigenvalue weighted by atomic mass is 10.0. The average molecular weight is 268 g/mol. The molecule has 0 saturated carbocycles. The molecule has 2 heterocycles. The van der Waals surface area contributed by atoms with E-state index < -0.39 is 0 Å². The Bertz CT molecular complexity index is 559. The number of piperazine rings is 1. The van der Waals surface area contributed by atoms with Crippen molar-refractivity contribution < 1.29 is 0 Å². The average Bonchev–Trinajstić information content (AvgIpc) is 2.51. The van der Waals surface area contributed by atoms with Gasteiger partial charge in [-0.25, -0.2) is 9.97 Å². The minimum absolute atomic E-state index is 0.847. The Morgan fingerprint density at radius 3 is 2.50 bits per heavy atom. The van der Waals surface area contributed by atoms with E-state index in [-0.39, 0.29) is 0 Å². The Labute approximate surface area is 119 Å². The van der Waals surface area contributed by atoms with E-state index in [1.807, 2.05) is 12.4 Å². The molecule has 0 spiro atoms. The Hall–Kier alpha value is -1.94. The predicted molar refractivity (Wildman–Crippen MR) is 81.1 cm³/mol. The molecule has 2 aromatic rings. The van der Waals surface area contributed by atoms with Crippen LogP contribution in [0.4, 0.5) is 5.95 Å². The third kappa shape index (κ3) is 2.96. The number of nitrogens with zero attached hydrogens (tertiary/aromatic N) is 3. The molecule has 0 bridgehead atoms. The van der Waals surface area contributed by atoms with E-state index in [4.69, 9.17) is 0 Å². The minimum atomic E-state index is 0.847. The van der Waals surface area contributed by atoms with Crippen molar-refractivity contribution in [3.8, 4) is 0 Å². The van der Waals surface area contributed by atoms with Crippen molar-refractivity contribution in [2.24, 2.45) is 0 Å². The number of rotatable bonds is 3. The van der Waals surface area contributed by atoms with Gasteiger partial charge in [-0.05, 0) is 23.6 Å². The zero-order chi connectivity index (χ0) is 13.8. The first-order chi connectivity index (χ1) is 9.83. The smallest absolute Gasteiger partial charge is 0.225 e. The quantitative estimate of drug-likeness (QED) is 0.921. The Kier molecular flexibility index (Phi) is 3.92. The van der Waals surface area contributed by atoms with Gasteiger partial charge in [0, 0.05) is 45.0 Å². The molecule has 20 heavy (non-hydrogen) atoms. The third-order valence-corrected chi connectivity index (χ3v) is 3.75. The van der Waals surface area contributed by atoms with Crippen molar-refractivity contribution in [2.75, 3.05) is 31.1 Å². The van der Waals surface area contributed by atoms with Gasteiger partial charge in [-0.15, -0.1) is 0 Å². The van der Waals surface area contributed by atoms with E-state index in [1.54, 1.807) is 0 Å². The van der Waals surface area contributed by atoms with Crippen LogP contribution in [-0.4, -0.2) is 36.1 Å². The van der Waals surface area contributed by atoms with Gasteiger partial charge in [0.2, 0.25) is 5.95 Å². The molecule has 1 N–H and O–H groups in total. The van der Waals surface area contributed by atoms with Gasteiger partial charge in [-0.2, -0.15) is 0 Å². The van der Waals surface area contributed by atoms with Gasteiger partial charge in [0.25, 0.3) is 0 Å². The summed E-state index contributed by atoms with van der Waals surface area (Å²) < 4.78 is 0. The lowest BCUT2D eigenvalue weighted by Gasteiger charge is -2.27. The summed E-state index contributed by atoms with van der Waals surface area (Å²) in [6.07, 6.45) is 4.81. The maximum Gasteiger partial charge on any atom is 0.225 e. The van der Waals surface area contributed by atoms with Crippen LogP contribution in [0.5, 0.6) is 0 Å². The van der Waals surface area contributed by atoms with Crippen molar-refractivity contribution in [2.45, 2.75) is 13.3 Å². The molecule has 4 heteroatoms. The summed E-state index contributed by atoms with van der Waals surface area (Å²) in [6.45, 7) is 6.13. The van der Waals surface area contributed by atoms with Crippen LogP contribution < -0.4 is 10.2 Å². The molecule has 1 aromatic carbocycles. The fraction of sp³-hybridized carbons (Fsp3) is 0.375. The van der Waals surface area contributed by atoms with E-state index in [9.17, 15) is 0 Å². The van der Waals surface area contributed by atoms with Crippen LogP contribution in [0.15, 0.2) is 36.7 Å². The van der Waals surface area contributed by atoms with Crippen LogP contribution in [0.25, 0.3) is 0 Å². The van der Waals surface area contributed by atoms with Crippen molar-refractivity contribution in [3.63, 3.8) is 0 Å². The van der Waals surface area contributed by atoms with Crippen LogP contribution in [0.2, 0.25) is 0 Å². The number of anilines is 1. The van der Waals surface area contributed by atoms with Crippen LogP contribution in [0.3, 0.4) is 0 Å². The molecular formula is C16H20N4. The molecule has 1 saturated heterocycles. The van der Waals surface area contributed by atoms with Gasteiger partial charge in [-0.3, -0.25) is 0 Å². The molecular weight excluding hydrogens is 248 g/mol. The molecule has 1 aliphatic rings. The number of benzene rings is 1. The third-order valence-electron chi connectivity index (χ3n) is 3.75. The second-order valence-electron chi connectivity index (χ2n) is 5.23. The van der Waals surface area contributed by atoms with Gasteiger partial charge >= 0.3 is 0 Å². The van der Waals surface area contributed by atoms with E-state index in [0.29, 0.717) is 0 Å². The summed E-state index contributed by atoms with van der Waals surface area (Å²) >= 11 is 0. The maximum absolute atomic E-state index is 4.52. The molecule has 0 amide bonds. The van der Waals surface area contributed by atoms with E-state index in [0.717, 1.165) is 44.1 Å². The van der Waals surface area contributed by atoms with E-state index in [2.05, 4.69) is 51.4 Å². The molecule has 0 aliphatic carbocycles. The van der Waals surface area contributed by atoms with Crippen LogP contribution in [-0.2, 0) is 6.42 Å². The van der Waals surface area contributed by atoms with Gasteiger partial charge in [-0.1, -0.05) is 24.3 Å². The number of hydrogen-bond donors (Lipinski definition) is 1. The molecule has 1 fully saturated rings. The van der Waals surface area contributed by atoms with Gasteiger partial charge in [0.05, 0.1) is 0 Å². The highest BCUT2D eigenvalue weighted by molar-refractivity contribution is 5.34. The summed E-state index contributed by atoms with van der Waals surface area (Å²) in [6, 6.07) is 8.46. The van der Waals surface area contributed by atoms with Gasteiger partial charge in [0.15, 0.2) is 0 Å². The standard InChI is InChI=1S/C16H20N4/c1-13-4-2-3-5-15(13)10-14-11-18-16(19-12-14)20-8-6-17-7-9-20/h2-5,11-12,17H,6-10H2,1H3. The highest BCUT2D eigenvalue weighted by Crippen LogP contribution is 2.14. The topological polar surface area (TPSA) is 41.1 Å². The molecule has 4 nitrogen and oxygen atoms in total. The van der Waals surface area contributed by atoms with Gasteiger partial charge < -0.3 is 10.2 Å². The van der Waals surface area contributed by atoms with E-state index >= 15 is 0 Å². The van der Waals surface area contributed by atoms with Crippen molar-refractivity contribution in [1.29, 1.82) is 0 Å². The van der Waals surface area contributed by atoms with Crippen molar-refractivity contribution in [1.82, 2.24) is 15.3 Å². The molecule has 3 rings (SSSR count).